The second kappa shape index (κ2) is 6.41. The number of aryl methyl sites for hydroxylation is 2. The van der Waals surface area contributed by atoms with Crippen molar-refractivity contribution < 1.29 is 4.79 Å². The Morgan fingerprint density at radius 3 is 2.50 bits per heavy atom. The molecule has 1 fully saturated rings. The number of carbonyl (C=O) groups excluding carboxylic acids is 1. The van der Waals surface area contributed by atoms with Crippen LogP contribution >= 0.6 is 0 Å². The SMILES string of the molecule is C[C@@H](NC(=O)[C@H](C1CC1)N(C)C)c1ccc2c(c1)CCCC2. The summed E-state index contributed by atoms with van der Waals surface area (Å²) in [5.41, 5.74) is 4.22. The second-order valence-electron chi connectivity index (χ2n) is 7.21. The van der Waals surface area contributed by atoms with Gasteiger partial charge in [0.05, 0.1) is 12.1 Å². The lowest BCUT2D eigenvalue weighted by Gasteiger charge is -2.26. The van der Waals surface area contributed by atoms with E-state index in [0.29, 0.717) is 5.92 Å². The first-order valence-electron chi connectivity index (χ1n) is 8.65. The highest BCUT2D eigenvalue weighted by Gasteiger charge is 2.37. The third-order valence-corrected chi connectivity index (χ3v) is 5.12. The van der Waals surface area contributed by atoms with Gasteiger partial charge in [0.15, 0.2) is 0 Å². The van der Waals surface area contributed by atoms with Gasteiger partial charge in [-0.2, -0.15) is 0 Å². The zero-order chi connectivity index (χ0) is 15.7. The molecule has 0 saturated heterocycles. The predicted molar refractivity (Wildman–Crippen MR) is 89.8 cm³/mol. The maximum Gasteiger partial charge on any atom is 0.238 e. The van der Waals surface area contributed by atoms with Gasteiger partial charge in [-0.15, -0.1) is 0 Å². The first-order valence-corrected chi connectivity index (χ1v) is 8.65. The van der Waals surface area contributed by atoms with Crippen LogP contribution in [0.4, 0.5) is 0 Å². The van der Waals surface area contributed by atoms with Crippen LogP contribution in [0.3, 0.4) is 0 Å². The van der Waals surface area contributed by atoms with Crippen molar-refractivity contribution in [3.63, 3.8) is 0 Å². The Labute approximate surface area is 134 Å². The predicted octanol–water partition coefficient (Wildman–Crippen LogP) is 3.08. The topological polar surface area (TPSA) is 32.3 Å². The number of likely N-dealkylation sites (N-methyl/N-ethyl adjacent to an activating group) is 1. The van der Waals surface area contributed by atoms with Gasteiger partial charge in [-0.3, -0.25) is 9.69 Å². The van der Waals surface area contributed by atoms with Gasteiger partial charge < -0.3 is 5.32 Å². The maximum absolute atomic E-state index is 12.6. The molecule has 2 atom stereocenters. The van der Waals surface area contributed by atoms with Crippen molar-refractivity contribution in [3.05, 3.63) is 34.9 Å². The fourth-order valence-corrected chi connectivity index (χ4v) is 3.69. The zero-order valence-corrected chi connectivity index (χ0v) is 14.1. The summed E-state index contributed by atoms with van der Waals surface area (Å²) >= 11 is 0. The Hall–Kier alpha value is -1.35. The van der Waals surface area contributed by atoms with E-state index in [1.807, 2.05) is 14.1 Å². The molecule has 1 aromatic rings. The molecule has 0 radical (unpaired) electrons. The van der Waals surface area contributed by atoms with Crippen LogP contribution in [0.25, 0.3) is 0 Å². The van der Waals surface area contributed by atoms with E-state index in [1.165, 1.54) is 55.2 Å². The third-order valence-electron chi connectivity index (χ3n) is 5.12. The second-order valence-corrected chi connectivity index (χ2v) is 7.21. The molecule has 2 aliphatic carbocycles. The Balaban J connectivity index is 1.68. The summed E-state index contributed by atoms with van der Waals surface area (Å²) in [6.07, 6.45) is 7.37. The number of nitrogens with zero attached hydrogens (tertiary/aromatic N) is 1. The molecule has 0 spiro atoms. The van der Waals surface area contributed by atoms with Crippen molar-refractivity contribution in [3.8, 4) is 0 Å². The molecule has 1 N–H and O–H groups in total. The van der Waals surface area contributed by atoms with E-state index in [1.54, 1.807) is 0 Å². The van der Waals surface area contributed by atoms with Gasteiger partial charge in [-0.05, 0) is 82.2 Å². The van der Waals surface area contributed by atoms with E-state index >= 15 is 0 Å². The minimum atomic E-state index is 0.0278. The molecule has 3 heteroatoms. The summed E-state index contributed by atoms with van der Waals surface area (Å²) < 4.78 is 0. The van der Waals surface area contributed by atoms with Crippen LogP contribution in [0.15, 0.2) is 18.2 Å². The Bertz CT molecular complexity index is 546. The number of nitrogens with one attached hydrogen (secondary N) is 1. The highest BCUT2D eigenvalue weighted by atomic mass is 16.2. The molecule has 1 saturated carbocycles. The molecule has 2 aliphatic rings. The summed E-state index contributed by atoms with van der Waals surface area (Å²) in [5.74, 6) is 0.725. The van der Waals surface area contributed by atoms with Gasteiger partial charge in [0.1, 0.15) is 0 Å². The van der Waals surface area contributed by atoms with Gasteiger partial charge >= 0.3 is 0 Å². The van der Waals surface area contributed by atoms with Gasteiger partial charge in [-0.25, -0.2) is 0 Å². The number of rotatable bonds is 5. The van der Waals surface area contributed by atoms with E-state index in [2.05, 4.69) is 35.3 Å². The molecule has 22 heavy (non-hydrogen) atoms. The monoisotopic (exact) mass is 300 g/mol. The molecular formula is C19H28N2O. The van der Waals surface area contributed by atoms with Gasteiger partial charge in [0.25, 0.3) is 0 Å². The number of carbonyl (C=O) groups is 1. The van der Waals surface area contributed by atoms with Crippen LogP contribution in [0.1, 0.15) is 55.3 Å². The molecule has 0 aromatic heterocycles. The van der Waals surface area contributed by atoms with Crippen LogP contribution in [-0.2, 0) is 17.6 Å². The highest BCUT2D eigenvalue weighted by Crippen LogP contribution is 2.35. The van der Waals surface area contributed by atoms with Crippen molar-refractivity contribution >= 4 is 5.91 Å². The van der Waals surface area contributed by atoms with Crippen molar-refractivity contribution in [2.75, 3.05) is 14.1 Å². The Morgan fingerprint density at radius 1 is 1.18 bits per heavy atom. The number of amides is 1. The first kappa shape index (κ1) is 15.5. The smallest absolute Gasteiger partial charge is 0.238 e. The molecule has 0 heterocycles. The van der Waals surface area contributed by atoms with Crippen LogP contribution in [-0.4, -0.2) is 30.9 Å². The third kappa shape index (κ3) is 3.35. The number of benzene rings is 1. The van der Waals surface area contributed by atoms with Gasteiger partial charge in [0, 0.05) is 0 Å². The van der Waals surface area contributed by atoms with Gasteiger partial charge in [-0.1, -0.05) is 18.2 Å². The van der Waals surface area contributed by atoms with Crippen molar-refractivity contribution in [1.82, 2.24) is 10.2 Å². The normalized spacial score (nSPS) is 20.4. The highest BCUT2D eigenvalue weighted by molar-refractivity contribution is 5.82. The molecule has 0 unspecified atom stereocenters. The largest absolute Gasteiger partial charge is 0.348 e. The average molecular weight is 300 g/mol. The van der Waals surface area contributed by atoms with Crippen LogP contribution < -0.4 is 5.32 Å². The minimum Gasteiger partial charge on any atom is -0.348 e. The molecule has 0 bridgehead atoms. The molecule has 0 aliphatic heterocycles. The average Bonchev–Trinajstić information content (AvgIpc) is 3.31. The molecule has 120 valence electrons. The van der Waals surface area contributed by atoms with E-state index in [9.17, 15) is 4.79 Å². The zero-order valence-electron chi connectivity index (χ0n) is 14.1. The maximum atomic E-state index is 12.6. The summed E-state index contributed by atoms with van der Waals surface area (Å²) in [6, 6.07) is 6.87. The number of hydrogen-bond donors (Lipinski definition) is 1. The summed E-state index contributed by atoms with van der Waals surface area (Å²) in [5, 5.41) is 3.23. The number of hydrogen-bond acceptors (Lipinski definition) is 2. The Morgan fingerprint density at radius 2 is 1.86 bits per heavy atom. The van der Waals surface area contributed by atoms with Crippen molar-refractivity contribution in [2.24, 2.45) is 5.92 Å². The molecular weight excluding hydrogens is 272 g/mol. The van der Waals surface area contributed by atoms with E-state index in [-0.39, 0.29) is 18.0 Å². The lowest BCUT2D eigenvalue weighted by molar-refractivity contribution is -0.126. The lowest BCUT2D eigenvalue weighted by Crippen LogP contribution is -2.45. The molecule has 3 rings (SSSR count). The quantitative estimate of drug-likeness (QED) is 0.906. The van der Waals surface area contributed by atoms with Crippen LogP contribution in [0.5, 0.6) is 0 Å². The van der Waals surface area contributed by atoms with Crippen LogP contribution in [0, 0.1) is 5.92 Å². The van der Waals surface area contributed by atoms with Crippen molar-refractivity contribution in [2.45, 2.75) is 57.5 Å². The van der Waals surface area contributed by atoms with E-state index in [4.69, 9.17) is 0 Å². The van der Waals surface area contributed by atoms with E-state index < -0.39 is 0 Å². The fraction of sp³-hybridized carbons (Fsp3) is 0.632. The first-order chi connectivity index (χ1) is 10.6. The lowest BCUT2D eigenvalue weighted by atomic mass is 9.89. The van der Waals surface area contributed by atoms with Crippen molar-refractivity contribution in [1.29, 1.82) is 0 Å². The summed E-state index contributed by atoms with van der Waals surface area (Å²) in [4.78, 5) is 14.6. The summed E-state index contributed by atoms with van der Waals surface area (Å²) in [7, 11) is 4.01. The van der Waals surface area contributed by atoms with E-state index in [0.717, 1.165) is 0 Å². The van der Waals surface area contributed by atoms with Gasteiger partial charge in [0.2, 0.25) is 5.91 Å². The number of fused-ring (bicyclic) bond motifs is 1. The molecule has 1 aromatic carbocycles. The summed E-state index contributed by atoms with van der Waals surface area (Å²) in [6.45, 7) is 2.10. The van der Waals surface area contributed by atoms with Crippen LogP contribution in [0.2, 0.25) is 0 Å². The minimum absolute atomic E-state index is 0.0278. The Kier molecular flexibility index (Phi) is 4.53. The molecule has 3 nitrogen and oxygen atoms in total. The molecule has 1 amide bonds. The fourth-order valence-electron chi connectivity index (χ4n) is 3.69. The standard InChI is InChI=1S/C19H28N2O/c1-13(20-19(22)18(21(2)3)15-9-10-15)16-11-8-14-6-4-5-7-17(14)12-16/h8,11-13,15,18H,4-7,9-10H2,1-3H3,(H,20,22)/t13-,18+/m1/s1.